The number of unbranched alkanes of at least 4 members (excludes halogenated alkanes) is 4. The van der Waals surface area contributed by atoms with Crippen LogP contribution < -0.4 is 24.0 Å². The third kappa shape index (κ3) is 10.7. The van der Waals surface area contributed by atoms with Crippen LogP contribution in [-0.4, -0.2) is 94.1 Å². The summed E-state index contributed by atoms with van der Waals surface area (Å²) in [5.74, 6) is 0.722. The van der Waals surface area contributed by atoms with Crippen LogP contribution in [0.25, 0.3) is 0 Å². The Balaban J connectivity index is 0.840. The fraction of sp³-hybridized carbons (Fsp3) is 0.389. The Bertz CT molecular complexity index is 2660. The van der Waals surface area contributed by atoms with Crippen molar-refractivity contribution in [1.29, 1.82) is 0 Å². The molecule has 9 rings (SSSR count). The van der Waals surface area contributed by atoms with Crippen LogP contribution in [0.15, 0.2) is 133 Å². The number of hydrogen-bond acceptors (Lipinski definition) is 11. The molecule has 1 amide bonds. The lowest BCUT2D eigenvalue weighted by Crippen LogP contribution is -2.46. The van der Waals surface area contributed by atoms with Crippen molar-refractivity contribution in [3.8, 4) is 17.2 Å². The fourth-order valence-corrected chi connectivity index (χ4v) is 13.2. The van der Waals surface area contributed by atoms with Gasteiger partial charge < -0.3 is 43.5 Å². The monoisotopic (exact) mass is 975 g/mol. The quantitative estimate of drug-likeness (QED) is 0.0710. The van der Waals surface area contributed by atoms with Crippen LogP contribution in [0.3, 0.4) is 0 Å². The molecule has 0 bridgehead atoms. The Morgan fingerprint density at radius 2 is 1.51 bits per heavy atom. The lowest BCUT2D eigenvalue weighted by Gasteiger charge is -2.38. The van der Waals surface area contributed by atoms with E-state index in [1.54, 1.807) is 6.07 Å². The van der Waals surface area contributed by atoms with E-state index in [-0.39, 0.29) is 48.4 Å². The van der Waals surface area contributed by atoms with E-state index in [1.165, 1.54) is 48.7 Å². The van der Waals surface area contributed by atoms with Gasteiger partial charge >= 0.3 is 0 Å². The topological polar surface area (TPSA) is 127 Å². The number of nitrogens with one attached hydrogen (secondary N) is 1. The average molecular weight is 976 g/mol. The molecule has 5 aromatic carbocycles. The first kappa shape index (κ1) is 48.7. The molecule has 3 fully saturated rings. The first-order valence-electron chi connectivity index (χ1n) is 24.4. The third-order valence-corrected chi connectivity index (χ3v) is 16.7. The predicted molar refractivity (Wildman–Crippen MR) is 270 cm³/mol. The van der Waals surface area contributed by atoms with Crippen LogP contribution in [-0.2, 0) is 21.6 Å². The van der Waals surface area contributed by atoms with Crippen LogP contribution in [0.5, 0.6) is 17.2 Å². The zero-order valence-electron chi connectivity index (χ0n) is 40.1. The Kier molecular flexibility index (Phi) is 15.1. The first-order chi connectivity index (χ1) is 34.0. The van der Waals surface area contributed by atoms with E-state index in [0.29, 0.717) is 18.1 Å². The Morgan fingerprint density at radius 1 is 0.843 bits per heavy atom. The normalized spacial score (nSPS) is 22.4. The highest BCUT2D eigenvalue weighted by Crippen LogP contribution is 2.65. The van der Waals surface area contributed by atoms with Crippen molar-refractivity contribution in [1.82, 2.24) is 19.7 Å². The van der Waals surface area contributed by atoms with Gasteiger partial charge in [-0.3, -0.25) is 4.79 Å². The molecule has 1 aromatic heterocycles. The summed E-state index contributed by atoms with van der Waals surface area (Å²) < 4.78 is 58.7. The van der Waals surface area contributed by atoms with Gasteiger partial charge in [-0.15, -0.1) is 0 Å². The van der Waals surface area contributed by atoms with Crippen molar-refractivity contribution < 1.29 is 37.6 Å². The predicted octanol–water partition coefficient (Wildman–Crippen LogP) is 11.1. The van der Waals surface area contributed by atoms with E-state index in [2.05, 4.69) is 55.8 Å². The molecular formula is C54H63F2N7O6S. The summed E-state index contributed by atoms with van der Waals surface area (Å²) >= 11 is 0. The summed E-state index contributed by atoms with van der Waals surface area (Å²) in [6.45, 7) is 10.4. The maximum Gasteiger partial charge on any atom is 0.286 e. The molecule has 16 heteroatoms. The van der Waals surface area contributed by atoms with Gasteiger partial charge in [0.05, 0.1) is 25.8 Å². The summed E-state index contributed by atoms with van der Waals surface area (Å²) in [5.41, 5.74) is 2.66. The molecule has 70 heavy (non-hydrogen) atoms. The molecule has 3 aliphatic rings. The van der Waals surface area contributed by atoms with Crippen molar-refractivity contribution in [2.24, 2.45) is 0 Å². The number of rotatable bonds is 20. The number of amides is 1. The van der Waals surface area contributed by atoms with E-state index in [0.717, 1.165) is 78.4 Å². The van der Waals surface area contributed by atoms with Crippen LogP contribution in [0.1, 0.15) is 70.0 Å². The van der Waals surface area contributed by atoms with Crippen LogP contribution in [0, 0.1) is 11.6 Å². The summed E-state index contributed by atoms with van der Waals surface area (Å²) in [7, 11) is -2.35. The van der Waals surface area contributed by atoms with E-state index in [1.807, 2.05) is 85.5 Å². The number of carbonyl (C=O) groups is 1. The van der Waals surface area contributed by atoms with Gasteiger partial charge in [-0.2, -0.15) is 5.10 Å². The molecule has 13 nitrogen and oxygen atoms in total. The molecule has 0 radical (unpaired) electrons. The molecule has 2 unspecified atom stereocenters. The lowest BCUT2D eigenvalue weighted by atomic mass is 9.94. The van der Waals surface area contributed by atoms with Crippen molar-refractivity contribution in [2.45, 2.75) is 88.3 Å². The number of aromatic hydroxyl groups is 1. The number of phenols is 1. The highest BCUT2D eigenvalue weighted by molar-refractivity contribution is 8.46. The number of halogens is 2. The van der Waals surface area contributed by atoms with Crippen molar-refractivity contribution in [2.75, 3.05) is 66.3 Å². The van der Waals surface area contributed by atoms with Crippen LogP contribution in [0.2, 0.25) is 0 Å². The van der Waals surface area contributed by atoms with E-state index in [9.17, 15) is 9.50 Å². The molecule has 4 heterocycles. The lowest BCUT2D eigenvalue weighted by molar-refractivity contribution is -0.117. The average Bonchev–Trinajstić information content (AvgIpc) is 4.11. The molecule has 2 N–H and O–H groups in total. The smallest absolute Gasteiger partial charge is 0.286 e. The van der Waals surface area contributed by atoms with Gasteiger partial charge in [0.2, 0.25) is 0 Å². The molecular weight excluding hydrogens is 913 g/mol. The SMILES string of the molecule is CCCCCCCOc1ccc(NS2(c3ccc(N4CCN(c5ccc(OC[C@H]6OC[C@](Cn7cncn7)(c7ccc(F)cc7F)O6)cc5)CC4)cc3)CC(c3ccccc3O)N(C(C)C)C2=O)cc1. The van der Waals surface area contributed by atoms with E-state index >= 15 is 9.18 Å². The van der Waals surface area contributed by atoms with Gasteiger partial charge in [-0.1, -0.05) is 67.1 Å². The number of carbonyl (C=O) groups excluding carboxylic acids is 1. The summed E-state index contributed by atoms with van der Waals surface area (Å²) in [6.07, 6.45) is 7.95. The minimum absolute atomic E-state index is 0.0143. The Labute approximate surface area is 410 Å². The van der Waals surface area contributed by atoms with Crippen LogP contribution >= 0.6 is 10.2 Å². The number of ether oxygens (including phenoxy) is 4. The van der Waals surface area contributed by atoms with E-state index in [4.69, 9.17) is 18.9 Å². The molecule has 4 atom stereocenters. The number of piperazine rings is 1. The highest BCUT2D eigenvalue weighted by atomic mass is 32.3. The van der Waals surface area contributed by atoms with Gasteiger partial charge in [0, 0.05) is 77.1 Å². The van der Waals surface area contributed by atoms with Gasteiger partial charge in [0.1, 0.15) is 53.7 Å². The molecule has 0 aliphatic carbocycles. The minimum atomic E-state index is -2.35. The van der Waals surface area contributed by atoms with Gasteiger partial charge in [0.25, 0.3) is 5.24 Å². The maximum atomic E-state index is 15.1. The Hall–Kier alpha value is -6.36. The molecule has 0 spiro atoms. The maximum absolute atomic E-state index is 15.1. The number of para-hydroxylation sites is 1. The second kappa shape index (κ2) is 21.7. The number of aromatic nitrogens is 3. The second-order valence-corrected chi connectivity index (χ2v) is 21.3. The van der Waals surface area contributed by atoms with E-state index < -0.39 is 33.7 Å². The largest absolute Gasteiger partial charge is 0.508 e. The third-order valence-electron chi connectivity index (χ3n) is 13.4. The highest BCUT2D eigenvalue weighted by Gasteiger charge is 2.51. The van der Waals surface area contributed by atoms with Gasteiger partial charge in [-0.25, -0.2) is 18.4 Å². The second-order valence-electron chi connectivity index (χ2n) is 18.5. The molecule has 3 aliphatic heterocycles. The zero-order valence-corrected chi connectivity index (χ0v) is 40.9. The van der Waals surface area contributed by atoms with Gasteiger partial charge in [-0.05, 0) is 105 Å². The van der Waals surface area contributed by atoms with Crippen molar-refractivity contribution in [3.05, 3.63) is 151 Å². The van der Waals surface area contributed by atoms with Crippen molar-refractivity contribution in [3.63, 3.8) is 0 Å². The number of benzene rings is 5. The number of hydrogen-bond donors (Lipinski definition) is 2. The standard InChI is InChI=1S/C54H63F2N7O6S/c1-4-5-6-7-10-31-66-44-20-14-41(15-21-44)59-70(34-50(63(39(2)3)53(70)65)47-11-8-9-12-51(47)64)46-24-18-43(19-25-46)61-29-27-60(28-30-61)42-16-22-45(23-17-42)67-33-52-68-36-54(69-52,35-62-38-57-37-58-62)48-26-13-40(55)32-49(48)56/h8-9,11-26,32,37-39,50,52,59,64H,4-7,10,27-31,33-36H2,1-3H3/t50?,52-,54+/m0/s1. The van der Waals surface area contributed by atoms with Gasteiger partial charge in [0.15, 0.2) is 6.29 Å². The molecule has 6 aromatic rings. The fourth-order valence-electron chi connectivity index (χ4n) is 9.74. The Morgan fingerprint density at radius 3 is 2.17 bits per heavy atom. The van der Waals surface area contributed by atoms with Crippen molar-refractivity contribution >= 4 is 32.5 Å². The molecule has 3 saturated heterocycles. The number of nitrogens with zero attached hydrogens (tertiary/aromatic N) is 6. The zero-order chi connectivity index (χ0) is 48.7. The molecule has 370 valence electrons. The number of phenolic OH excluding ortho intramolecular Hbond substituents is 1. The summed E-state index contributed by atoms with van der Waals surface area (Å²) in [4.78, 5) is 26.6. The molecule has 0 saturated carbocycles. The first-order valence-corrected chi connectivity index (χ1v) is 26.2. The summed E-state index contributed by atoms with van der Waals surface area (Å²) in [6, 6.07) is 34.7. The summed E-state index contributed by atoms with van der Waals surface area (Å²) in [5, 5.41) is 15.3. The minimum Gasteiger partial charge on any atom is -0.508 e. The number of anilines is 3. The van der Waals surface area contributed by atoms with Crippen LogP contribution in [0.4, 0.5) is 30.6 Å².